The maximum Gasteiger partial charge on any atom is 0.0346 e. The molecule has 2 heteroatoms. The van der Waals surface area contributed by atoms with E-state index < -0.39 is 0 Å². The zero-order valence-electron chi connectivity index (χ0n) is 9.20. The highest BCUT2D eigenvalue weighted by molar-refractivity contribution is 5.85. The first-order chi connectivity index (χ1) is 7.16. The van der Waals surface area contributed by atoms with Gasteiger partial charge >= 0.3 is 0 Å². The van der Waals surface area contributed by atoms with Crippen molar-refractivity contribution in [2.45, 2.75) is 26.3 Å². The van der Waals surface area contributed by atoms with Gasteiger partial charge in [0.1, 0.15) is 0 Å². The first kappa shape index (κ1) is 10.1. The fraction of sp³-hybridized carbons (Fsp3) is 0.308. The lowest BCUT2D eigenvalue weighted by molar-refractivity contribution is 0.741. The number of aryl methyl sites for hydroxylation is 1. The van der Waals surface area contributed by atoms with Gasteiger partial charge in [0.25, 0.3) is 0 Å². The van der Waals surface area contributed by atoms with Gasteiger partial charge in [-0.2, -0.15) is 0 Å². The minimum Gasteiger partial charge on any atom is -0.328 e. The van der Waals surface area contributed by atoms with Crippen molar-refractivity contribution in [2.75, 3.05) is 0 Å². The van der Waals surface area contributed by atoms with Crippen LogP contribution in [0.1, 0.15) is 18.1 Å². The Hall–Kier alpha value is -1.41. The molecular weight excluding hydrogens is 184 g/mol. The molecule has 0 saturated heterocycles. The molecule has 78 valence electrons. The largest absolute Gasteiger partial charge is 0.328 e. The highest BCUT2D eigenvalue weighted by atomic mass is 14.6. The normalized spacial score (nSPS) is 13.0. The minimum atomic E-state index is 0.197. The molecule has 0 amide bonds. The average Bonchev–Trinajstić information content (AvgIpc) is 2.16. The molecule has 1 atom stereocenters. The molecule has 1 aromatic heterocycles. The summed E-state index contributed by atoms with van der Waals surface area (Å²) in [4.78, 5) is 4.14. The zero-order valence-corrected chi connectivity index (χ0v) is 9.20. The Morgan fingerprint density at radius 1 is 1.40 bits per heavy atom. The first-order valence-corrected chi connectivity index (χ1v) is 5.25. The van der Waals surface area contributed by atoms with Crippen LogP contribution in [-0.4, -0.2) is 11.0 Å². The van der Waals surface area contributed by atoms with Gasteiger partial charge in [0, 0.05) is 23.8 Å². The summed E-state index contributed by atoms with van der Waals surface area (Å²) in [6.07, 6.45) is 4.66. The Labute approximate surface area is 90.1 Å². The predicted molar refractivity (Wildman–Crippen MR) is 63.8 cm³/mol. The molecule has 0 saturated carbocycles. The zero-order chi connectivity index (χ0) is 10.8. The summed E-state index contributed by atoms with van der Waals surface area (Å²) in [7, 11) is 0. The predicted octanol–water partition coefficient (Wildman–Crippen LogP) is 2.43. The van der Waals surface area contributed by atoms with Crippen molar-refractivity contribution >= 4 is 10.8 Å². The second kappa shape index (κ2) is 3.99. The third kappa shape index (κ3) is 2.16. The van der Waals surface area contributed by atoms with Gasteiger partial charge in [0.2, 0.25) is 0 Å². The van der Waals surface area contributed by atoms with Crippen LogP contribution in [0.4, 0.5) is 0 Å². The van der Waals surface area contributed by atoms with Crippen LogP contribution in [0, 0.1) is 6.92 Å². The van der Waals surface area contributed by atoms with Gasteiger partial charge in [0.15, 0.2) is 0 Å². The van der Waals surface area contributed by atoms with Gasteiger partial charge < -0.3 is 5.73 Å². The van der Waals surface area contributed by atoms with Gasteiger partial charge in [-0.05, 0) is 43.4 Å². The number of nitrogens with two attached hydrogens (primary N) is 1. The van der Waals surface area contributed by atoms with Crippen LogP contribution in [-0.2, 0) is 6.42 Å². The molecule has 0 spiro atoms. The summed E-state index contributed by atoms with van der Waals surface area (Å²) >= 11 is 0. The molecular formula is C13H16N2. The van der Waals surface area contributed by atoms with Crippen molar-refractivity contribution in [3.8, 4) is 0 Å². The molecule has 2 N–H and O–H groups in total. The van der Waals surface area contributed by atoms with E-state index in [4.69, 9.17) is 5.73 Å². The Morgan fingerprint density at radius 3 is 2.93 bits per heavy atom. The van der Waals surface area contributed by atoms with Crippen molar-refractivity contribution in [3.63, 3.8) is 0 Å². The number of hydrogen-bond acceptors (Lipinski definition) is 2. The van der Waals surface area contributed by atoms with E-state index in [1.54, 1.807) is 0 Å². The molecule has 1 unspecified atom stereocenters. The Bertz CT molecular complexity index is 475. The van der Waals surface area contributed by atoms with Gasteiger partial charge in [-0.25, -0.2) is 0 Å². The topological polar surface area (TPSA) is 38.9 Å². The fourth-order valence-electron chi connectivity index (χ4n) is 1.97. The number of rotatable bonds is 2. The van der Waals surface area contributed by atoms with Gasteiger partial charge in [-0.1, -0.05) is 11.6 Å². The molecule has 0 aliphatic carbocycles. The highest BCUT2D eigenvalue weighted by Gasteiger charge is 2.04. The first-order valence-electron chi connectivity index (χ1n) is 5.25. The highest BCUT2D eigenvalue weighted by Crippen LogP contribution is 2.20. The number of benzene rings is 1. The Balaban J connectivity index is 2.60. The second-order valence-corrected chi connectivity index (χ2v) is 4.20. The van der Waals surface area contributed by atoms with Gasteiger partial charge in [0.05, 0.1) is 0 Å². The number of pyridine rings is 1. The number of nitrogens with zero attached hydrogens (tertiary/aromatic N) is 1. The van der Waals surface area contributed by atoms with Crippen LogP contribution in [0.25, 0.3) is 10.8 Å². The SMILES string of the molecule is Cc1cc(CC(C)N)c2ccncc2c1. The average molecular weight is 200 g/mol. The number of fused-ring (bicyclic) bond motifs is 1. The maximum absolute atomic E-state index is 5.85. The minimum absolute atomic E-state index is 0.197. The van der Waals surface area contributed by atoms with Crippen LogP contribution in [0.5, 0.6) is 0 Å². The van der Waals surface area contributed by atoms with Gasteiger partial charge in [-0.15, -0.1) is 0 Å². The standard InChI is InChI=1S/C13H16N2/c1-9-5-11(7-10(2)14)13-3-4-15-8-12(13)6-9/h3-6,8,10H,7,14H2,1-2H3. The molecule has 2 nitrogen and oxygen atoms in total. The summed E-state index contributed by atoms with van der Waals surface area (Å²) in [5, 5.41) is 2.47. The fourth-order valence-corrected chi connectivity index (χ4v) is 1.97. The van der Waals surface area contributed by atoms with E-state index in [1.165, 1.54) is 21.9 Å². The lowest BCUT2D eigenvalue weighted by Gasteiger charge is -2.10. The van der Waals surface area contributed by atoms with E-state index in [2.05, 4.69) is 30.1 Å². The van der Waals surface area contributed by atoms with Crippen molar-refractivity contribution < 1.29 is 0 Å². The van der Waals surface area contributed by atoms with Crippen molar-refractivity contribution in [3.05, 3.63) is 41.7 Å². The van der Waals surface area contributed by atoms with Gasteiger partial charge in [-0.3, -0.25) is 4.98 Å². The smallest absolute Gasteiger partial charge is 0.0346 e. The Morgan fingerprint density at radius 2 is 2.20 bits per heavy atom. The molecule has 0 aliphatic heterocycles. The van der Waals surface area contributed by atoms with Crippen LogP contribution in [0.3, 0.4) is 0 Å². The summed E-state index contributed by atoms with van der Waals surface area (Å²) in [6, 6.07) is 6.63. The number of aromatic nitrogens is 1. The molecule has 0 radical (unpaired) electrons. The van der Waals surface area contributed by atoms with Crippen LogP contribution in [0.2, 0.25) is 0 Å². The number of hydrogen-bond donors (Lipinski definition) is 1. The molecule has 0 aliphatic rings. The van der Waals surface area contributed by atoms with Crippen LogP contribution < -0.4 is 5.73 Å². The Kier molecular flexibility index (Phi) is 2.69. The second-order valence-electron chi connectivity index (χ2n) is 4.20. The van der Waals surface area contributed by atoms with Crippen LogP contribution in [0.15, 0.2) is 30.6 Å². The summed E-state index contributed by atoms with van der Waals surface area (Å²) in [5.74, 6) is 0. The summed E-state index contributed by atoms with van der Waals surface area (Å²) in [5.41, 5.74) is 8.44. The summed E-state index contributed by atoms with van der Waals surface area (Å²) < 4.78 is 0. The van der Waals surface area contributed by atoms with Crippen molar-refractivity contribution in [1.29, 1.82) is 0 Å². The van der Waals surface area contributed by atoms with E-state index in [0.717, 1.165) is 6.42 Å². The molecule has 1 heterocycles. The molecule has 0 bridgehead atoms. The quantitative estimate of drug-likeness (QED) is 0.808. The monoisotopic (exact) mass is 200 g/mol. The molecule has 15 heavy (non-hydrogen) atoms. The lowest BCUT2D eigenvalue weighted by Crippen LogP contribution is -2.18. The van der Waals surface area contributed by atoms with E-state index in [1.807, 2.05) is 19.3 Å². The third-order valence-electron chi connectivity index (χ3n) is 2.52. The maximum atomic E-state index is 5.85. The molecule has 1 aromatic carbocycles. The van der Waals surface area contributed by atoms with Crippen LogP contribution >= 0.6 is 0 Å². The molecule has 2 rings (SSSR count). The molecule has 2 aromatic rings. The van der Waals surface area contributed by atoms with Crippen molar-refractivity contribution in [2.24, 2.45) is 5.73 Å². The molecule has 0 fully saturated rings. The summed E-state index contributed by atoms with van der Waals surface area (Å²) in [6.45, 7) is 4.15. The van der Waals surface area contributed by atoms with E-state index >= 15 is 0 Å². The van der Waals surface area contributed by atoms with E-state index in [-0.39, 0.29) is 6.04 Å². The van der Waals surface area contributed by atoms with E-state index in [9.17, 15) is 0 Å². The van der Waals surface area contributed by atoms with Crippen molar-refractivity contribution in [1.82, 2.24) is 4.98 Å². The van der Waals surface area contributed by atoms with E-state index in [0.29, 0.717) is 0 Å². The lowest BCUT2D eigenvalue weighted by atomic mass is 9.98. The third-order valence-corrected chi connectivity index (χ3v) is 2.52.